The number of carbonyl (C=O) groups excluding carboxylic acids is 3. The average Bonchev–Trinajstić information content (AvgIpc) is 2.33. The summed E-state index contributed by atoms with van der Waals surface area (Å²) in [4.78, 5) is 49.4. The van der Waals surface area contributed by atoms with Crippen LogP contribution in [-0.4, -0.2) is 40.2 Å². The molecule has 7 nitrogen and oxygen atoms in total. The number of H-pyrrole nitrogens is 1. The van der Waals surface area contributed by atoms with Crippen LogP contribution in [0.2, 0.25) is 0 Å². The van der Waals surface area contributed by atoms with Crippen molar-refractivity contribution < 1.29 is 14.4 Å². The summed E-state index contributed by atoms with van der Waals surface area (Å²) in [6.07, 6.45) is 1.34. The lowest BCUT2D eigenvalue weighted by molar-refractivity contribution is -0.138. The second-order valence-electron chi connectivity index (χ2n) is 3.96. The van der Waals surface area contributed by atoms with Crippen LogP contribution in [0, 0.1) is 0 Å². The molecule has 1 saturated heterocycles. The number of aromatic amines is 1. The number of piperazine rings is 1. The van der Waals surface area contributed by atoms with E-state index in [9.17, 15) is 19.2 Å². The minimum Gasteiger partial charge on any atom is -0.329 e. The first-order valence-electron chi connectivity index (χ1n) is 5.32. The van der Waals surface area contributed by atoms with Crippen molar-refractivity contribution in [3.05, 3.63) is 34.2 Å². The van der Waals surface area contributed by atoms with Gasteiger partial charge in [0.1, 0.15) is 12.6 Å². The zero-order valence-electron chi connectivity index (χ0n) is 9.60. The van der Waals surface area contributed by atoms with Gasteiger partial charge in [-0.3, -0.25) is 24.5 Å². The number of aromatic nitrogens is 1. The Morgan fingerprint density at radius 2 is 2.11 bits per heavy atom. The maximum absolute atomic E-state index is 12.1. The maximum atomic E-state index is 12.1. The summed E-state index contributed by atoms with van der Waals surface area (Å²) in [5.74, 6) is -1.57. The quantitative estimate of drug-likeness (QED) is 0.614. The second-order valence-corrected chi connectivity index (χ2v) is 3.96. The highest BCUT2D eigenvalue weighted by atomic mass is 16.2. The molecular formula is C11H11N3O4. The van der Waals surface area contributed by atoms with Crippen LogP contribution in [0.5, 0.6) is 0 Å². The van der Waals surface area contributed by atoms with Gasteiger partial charge in [0.25, 0.3) is 5.91 Å². The van der Waals surface area contributed by atoms with E-state index >= 15 is 0 Å². The van der Waals surface area contributed by atoms with Crippen molar-refractivity contribution in [2.45, 2.75) is 13.0 Å². The fraction of sp³-hybridized carbons (Fsp3) is 0.273. The molecule has 2 rings (SSSR count). The average molecular weight is 249 g/mol. The van der Waals surface area contributed by atoms with E-state index in [0.29, 0.717) is 0 Å². The Hall–Kier alpha value is -2.44. The Kier molecular flexibility index (Phi) is 2.97. The van der Waals surface area contributed by atoms with E-state index in [1.54, 1.807) is 0 Å². The van der Waals surface area contributed by atoms with Crippen LogP contribution < -0.4 is 10.9 Å². The van der Waals surface area contributed by atoms with Crippen molar-refractivity contribution in [1.82, 2.24) is 15.2 Å². The van der Waals surface area contributed by atoms with Gasteiger partial charge < -0.3 is 9.88 Å². The maximum Gasteiger partial charge on any atom is 0.255 e. The van der Waals surface area contributed by atoms with E-state index in [1.807, 2.05) is 0 Å². The molecule has 2 N–H and O–H groups in total. The third-order valence-corrected chi connectivity index (χ3v) is 2.71. The second kappa shape index (κ2) is 4.44. The Labute approximate surface area is 102 Å². The van der Waals surface area contributed by atoms with Crippen LogP contribution in [0.1, 0.15) is 17.3 Å². The number of hydrogen-bond donors (Lipinski definition) is 2. The monoisotopic (exact) mass is 249 g/mol. The van der Waals surface area contributed by atoms with Gasteiger partial charge in [-0.15, -0.1) is 0 Å². The highest BCUT2D eigenvalue weighted by molar-refractivity contribution is 6.06. The Balaban J connectivity index is 2.30. The van der Waals surface area contributed by atoms with Crippen LogP contribution in [0.25, 0.3) is 0 Å². The van der Waals surface area contributed by atoms with E-state index in [1.165, 1.54) is 19.2 Å². The number of pyridine rings is 1. The normalized spacial score (nSPS) is 19.6. The highest BCUT2D eigenvalue weighted by Crippen LogP contribution is 2.09. The number of nitrogens with one attached hydrogen (secondary N) is 2. The van der Waals surface area contributed by atoms with E-state index in [-0.39, 0.29) is 12.1 Å². The zero-order valence-corrected chi connectivity index (χ0v) is 9.60. The van der Waals surface area contributed by atoms with Crippen LogP contribution in [0.15, 0.2) is 23.1 Å². The number of rotatable bonds is 1. The first kappa shape index (κ1) is 12.0. The van der Waals surface area contributed by atoms with Crippen LogP contribution >= 0.6 is 0 Å². The molecule has 7 heteroatoms. The van der Waals surface area contributed by atoms with E-state index in [4.69, 9.17) is 0 Å². The lowest BCUT2D eigenvalue weighted by Gasteiger charge is -2.31. The third-order valence-electron chi connectivity index (χ3n) is 2.71. The highest BCUT2D eigenvalue weighted by Gasteiger charge is 2.33. The van der Waals surface area contributed by atoms with Gasteiger partial charge in [-0.05, 0) is 13.0 Å². The van der Waals surface area contributed by atoms with E-state index in [0.717, 1.165) is 11.0 Å². The molecule has 0 saturated carbocycles. The van der Waals surface area contributed by atoms with Gasteiger partial charge in [0.15, 0.2) is 0 Å². The van der Waals surface area contributed by atoms with Crippen molar-refractivity contribution in [2.24, 2.45) is 0 Å². The molecule has 0 spiro atoms. The molecule has 1 aromatic rings. The van der Waals surface area contributed by atoms with Gasteiger partial charge in [0.05, 0.1) is 0 Å². The van der Waals surface area contributed by atoms with Crippen molar-refractivity contribution in [3.8, 4) is 0 Å². The lowest BCUT2D eigenvalue weighted by atomic mass is 10.1. The topological polar surface area (TPSA) is 99.3 Å². The van der Waals surface area contributed by atoms with Gasteiger partial charge >= 0.3 is 0 Å². The Bertz CT molecular complexity index is 578. The minimum atomic E-state index is -0.741. The number of hydrogen-bond acceptors (Lipinski definition) is 4. The third kappa shape index (κ3) is 2.15. The molecule has 94 valence electrons. The van der Waals surface area contributed by atoms with E-state index < -0.39 is 29.3 Å². The summed E-state index contributed by atoms with van der Waals surface area (Å²) in [6, 6.07) is 1.81. The predicted octanol–water partition coefficient (Wildman–Crippen LogP) is -1.14. The summed E-state index contributed by atoms with van der Waals surface area (Å²) in [6.45, 7) is 1.32. The fourth-order valence-electron chi connectivity index (χ4n) is 1.71. The van der Waals surface area contributed by atoms with E-state index in [2.05, 4.69) is 10.3 Å². The van der Waals surface area contributed by atoms with Crippen molar-refractivity contribution in [3.63, 3.8) is 0 Å². The molecule has 1 unspecified atom stereocenters. The minimum absolute atomic E-state index is 0.146. The van der Waals surface area contributed by atoms with Gasteiger partial charge in [0, 0.05) is 17.8 Å². The molecule has 1 atom stereocenters. The largest absolute Gasteiger partial charge is 0.329 e. The molecule has 0 bridgehead atoms. The molecule has 1 aliphatic heterocycles. The summed E-state index contributed by atoms with van der Waals surface area (Å²) >= 11 is 0. The van der Waals surface area contributed by atoms with Crippen molar-refractivity contribution in [2.75, 3.05) is 6.54 Å². The van der Waals surface area contributed by atoms with Gasteiger partial charge in [-0.25, -0.2) is 0 Å². The molecule has 2 heterocycles. The molecule has 1 aliphatic rings. The standard InChI is InChI=1S/C11H11N3O4/c1-6-10(17)13-9(16)5-14(6)11(18)7-2-3-12-8(15)4-7/h2-4,6H,5H2,1H3,(H,12,15)(H,13,16,17). The summed E-state index contributed by atoms with van der Waals surface area (Å²) in [5.41, 5.74) is -0.269. The smallest absolute Gasteiger partial charge is 0.255 e. The molecule has 1 fully saturated rings. The molecule has 18 heavy (non-hydrogen) atoms. The van der Waals surface area contributed by atoms with Gasteiger partial charge in [0.2, 0.25) is 17.4 Å². The van der Waals surface area contributed by atoms with Crippen LogP contribution in [-0.2, 0) is 9.59 Å². The SMILES string of the molecule is CC1C(=O)NC(=O)CN1C(=O)c1cc[nH]c(=O)c1. The zero-order chi connectivity index (χ0) is 13.3. The van der Waals surface area contributed by atoms with Crippen LogP contribution in [0.3, 0.4) is 0 Å². The van der Waals surface area contributed by atoms with Crippen molar-refractivity contribution >= 4 is 17.7 Å². The predicted molar refractivity (Wildman–Crippen MR) is 60.7 cm³/mol. The molecule has 0 aromatic carbocycles. The number of carbonyl (C=O) groups is 3. The molecule has 1 aromatic heterocycles. The molecular weight excluding hydrogens is 238 g/mol. The van der Waals surface area contributed by atoms with Gasteiger partial charge in [-0.2, -0.15) is 0 Å². The fourth-order valence-corrected chi connectivity index (χ4v) is 1.71. The number of nitrogens with zero attached hydrogens (tertiary/aromatic N) is 1. The number of amides is 3. The van der Waals surface area contributed by atoms with Crippen molar-refractivity contribution in [1.29, 1.82) is 0 Å². The van der Waals surface area contributed by atoms with Crippen LogP contribution in [0.4, 0.5) is 0 Å². The lowest BCUT2D eigenvalue weighted by Crippen LogP contribution is -2.58. The summed E-state index contributed by atoms with van der Waals surface area (Å²) in [7, 11) is 0. The first-order chi connectivity index (χ1) is 8.49. The first-order valence-corrected chi connectivity index (χ1v) is 5.32. The number of imide groups is 1. The Morgan fingerprint density at radius 1 is 1.39 bits per heavy atom. The molecule has 3 amide bonds. The summed E-state index contributed by atoms with van der Waals surface area (Å²) < 4.78 is 0. The Morgan fingerprint density at radius 3 is 2.78 bits per heavy atom. The molecule has 0 radical (unpaired) electrons. The molecule has 0 aliphatic carbocycles. The van der Waals surface area contributed by atoms with Gasteiger partial charge in [-0.1, -0.05) is 0 Å². The summed E-state index contributed by atoms with van der Waals surface area (Å²) in [5, 5.41) is 2.14.